The van der Waals surface area contributed by atoms with Crippen LogP contribution in [0.5, 0.6) is 0 Å². The van der Waals surface area contributed by atoms with Gasteiger partial charge in [0.05, 0.1) is 0 Å². The predicted molar refractivity (Wildman–Crippen MR) is 66.7 cm³/mol. The van der Waals surface area contributed by atoms with Crippen molar-refractivity contribution in [2.45, 2.75) is 52.9 Å². The standard InChI is InChI=1S/C15H24/c1-11(2)14-8-9-15(10-14)12(3)6-5-7-13(15)4/h6,13-14H,1,5,7-10H2,2-4H3/t13?,14-,15-/m1/s1. The van der Waals surface area contributed by atoms with E-state index in [1.807, 2.05) is 0 Å². The molecule has 1 saturated carbocycles. The van der Waals surface area contributed by atoms with E-state index in [9.17, 15) is 0 Å². The summed E-state index contributed by atoms with van der Waals surface area (Å²) in [6.07, 6.45) is 9.30. The van der Waals surface area contributed by atoms with Crippen molar-refractivity contribution in [2.24, 2.45) is 17.3 Å². The van der Waals surface area contributed by atoms with E-state index in [0.29, 0.717) is 5.41 Å². The molecule has 3 atom stereocenters. The van der Waals surface area contributed by atoms with Gasteiger partial charge in [-0.15, -0.1) is 0 Å². The maximum atomic E-state index is 4.15. The molecule has 15 heavy (non-hydrogen) atoms. The molecule has 0 aromatic carbocycles. The molecular weight excluding hydrogens is 180 g/mol. The fourth-order valence-electron chi connectivity index (χ4n) is 3.72. The summed E-state index contributed by atoms with van der Waals surface area (Å²) in [6.45, 7) is 11.2. The minimum Gasteiger partial charge on any atom is -0.0999 e. The van der Waals surface area contributed by atoms with Crippen molar-refractivity contribution in [3.05, 3.63) is 23.8 Å². The molecule has 0 radical (unpaired) electrons. The Hall–Kier alpha value is -0.520. The van der Waals surface area contributed by atoms with Crippen LogP contribution in [0.4, 0.5) is 0 Å². The molecule has 0 amide bonds. The molecule has 0 N–H and O–H groups in total. The first-order chi connectivity index (χ1) is 7.06. The lowest BCUT2D eigenvalue weighted by atomic mass is 9.64. The van der Waals surface area contributed by atoms with E-state index in [4.69, 9.17) is 0 Å². The Kier molecular flexibility index (Phi) is 2.79. The maximum absolute atomic E-state index is 4.15. The SMILES string of the molecule is C=C(C)[C@@H]1CC[C@@]2(C1)C(C)=CCCC2C. The zero-order chi connectivity index (χ0) is 11.1. The van der Waals surface area contributed by atoms with Gasteiger partial charge >= 0.3 is 0 Å². The Labute approximate surface area is 94.5 Å². The first-order valence-electron chi connectivity index (χ1n) is 6.39. The van der Waals surface area contributed by atoms with E-state index in [-0.39, 0.29) is 0 Å². The Morgan fingerprint density at radius 1 is 1.47 bits per heavy atom. The first kappa shape index (κ1) is 11.0. The third kappa shape index (κ3) is 1.68. The second-order valence-corrected chi connectivity index (χ2v) is 5.81. The Balaban J connectivity index is 2.23. The summed E-state index contributed by atoms with van der Waals surface area (Å²) in [6, 6.07) is 0. The second kappa shape index (κ2) is 3.81. The predicted octanol–water partition coefficient (Wildman–Crippen LogP) is 4.73. The summed E-state index contributed by atoms with van der Waals surface area (Å²) in [5.41, 5.74) is 3.62. The number of hydrogen-bond donors (Lipinski definition) is 0. The highest BCUT2D eigenvalue weighted by Gasteiger charge is 2.45. The van der Waals surface area contributed by atoms with Gasteiger partial charge < -0.3 is 0 Å². The van der Waals surface area contributed by atoms with Gasteiger partial charge in [-0.3, -0.25) is 0 Å². The van der Waals surface area contributed by atoms with Gasteiger partial charge in [0.1, 0.15) is 0 Å². The fourth-order valence-corrected chi connectivity index (χ4v) is 3.72. The Morgan fingerprint density at radius 2 is 2.20 bits per heavy atom. The molecule has 2 rings (SSSR count). The summed E-state index contributed by atoms with van der Waals surface area (Å²) < 4.78 is 0. The van der Waals surface area contributed by atoms with Crippen LogP contribution in [0, 0.1) is 17.3 Å². The first-order valence-corrected chi connectivity index (χ1v) is 6.39. The van der Waals surface area contributed by atoms with E-state index in [1.165, 1.54) is 37.7 Å². The fraction of sp³-hybridized carbons (Fsp3) is 0.733. The monoisotopic (exact) mass is 204 g/mol. The van der Waals surface area contributed by atoms with Gasteiger partial charge in [-0.2, -0.15) is 0 Å². The molecule has 0 heterocycles. The summed E-state index contributed by atoms with van der Waals surface area (Å²) in [7, 11) is 0. The summed E-state index contributed by atoms with van der Waals surface area (Å²) in [4.78, 5) is 0. The van der Waals surface area contributed by atoms with Crippen molar-refractivity contribution in [3.8, 4) is 0 Å². The van der Waals surface area contributed by atoms with E-state index < -0.39 is 0 Å². The Bertz CT molecular complexity index is 297. The van der Waals surface area contributed by atoms with Gasteiger partial charge in [0.2, 0.25) is 0 Å². The van der Waals surface area contributed by atoms with Crippen molar-refractivity contribution in [1.29, 1.82) is 0 Å². The highest BCUT2D eigenvalue weighted by Crippen LogP contribution is 2.56. The van der Waals surface area contributed by atoms with Gasteiger partial charge in [-0.1, -0.05) is 30.7 Å². The van der Waals surface area contributed by atoms with E-state index in [2.05, 4.69) is 33.4 Å². The van der Waals surface area contributed by atoms with Crippen LogP contribution in [0.1, 0.15) is 52.9 Å². The van der Waals surface area contributed by atoms with Gasteiger partial charge in [0.25, 0.3) is 0 Å². The van der Waals surface area contributed by atoms with E-state index >= 15 is 0 Å². The van der Waals surface area contributed by atoms with Crippen molar-refractivity contribution in [2.75, 3.05) is 0 Å². The molecule has 1 spiro atoms. The molecule has 0 nitrogen and oxygen atoms in total. The summed E-state index contributed by atoms with van der Waals surface area (Å²) >= 11 is 0. The van der Waals surface area contributed by atoms with Gasteiger partial charge in [0, 0.05) is 0 Å². The molecule has 0 aromatic rings. The molecule has 0 saturated heterocycles. The summed E-state index contributed by atoms with van der Waals surface area (Å²) in [5.74, 6) is 1.67. The van der Waals surface area contributed by atoms with Crippen molar-refractivity contribution in [3.63, 3.8) is 0 Å². The smallest absolute Gasteiger partial charge is 0.00592 e. The zero-order valence-electron chi connectivity index (χ0n) is 10.5. The normalized spacial score (nSPS) is 40.6. The second-order valence-electron chi connectivity index (χ2n) is 5.81. The molecule has 0 heteroatoms. The third-order valence-electron chi connectivity index (χ3n) is 5.03. The van der Waals surface area contributed by atoms with Crippen LogP contribution < -0.4 is 0 Å². The van der Waals surface area contributed by atoms with Crippen LogP contribution in [0.25, 0.3) is 0 Å². The third-order valence-corrected chi connectivity index (χ3v) is 5.03. The average Bonchev–Trinajstić information content (AvgIpc) is 2.61. The van der Waals surface area contributed by atoms with Crippen LogP contribution in [-0.4, -0.2) is 0 Å². The quantitative estimate of drug-likeness (QED) is 0.542. The van der Waals surface area contributed by atoms with Crippen LogP contribution in [-0.2, 0) is 0 Å². The molecular formula is C15H24. The largest absolute Gasteiger partial charge is 0.0999 e. The molecule has 1 fully saturated rings. The topological polar surface area (TPSA) is 0 Å². The molecule has 0 aliphatic heterocycles. The average molecular weight is 204 g/mol. The minimum atomic E-state index is 0.544. The molecule has 2 aliphatic carbocycles. The van der Waals surface area contributed by atoms with Crippen molar-refractivity contribution < 1.29 is 0 Å². The highest BCUT2D eigenvalue weighted by atomic mass is 14.5. The van der Waals surface area contributed by atoms with E-state index in [1.54, 1.807) is 5.57 Å². The van der Waals surface area contributed by atoms with Crippen LogP contribution in [0.2, 0.25) is 0 Å². The lowest BCUT2D eigenvalue weighted by Gasteiger charge is -2.40. The van der Waals surface area contributed by atoms with E-state index in [0.717, 1.165) is 11.8 Å². The van der Waals surface area contributed by atoms with Crippen LogP contribution >= 0.6 is 0 Å². The van der Waals surface area contributed by atoms with Gasteiger partial charge in [-0.25, -0.2) is 0 Å². The van der Waals surface area contributed by atoms with Crippen LogP contribution in [0.15, 0.2) is 23.8 Å². The van der Waals surface area contributed by atoms with Gasteiger partial charge in [-0.05, 0) is 63.2 Å². The minimum absolute atomic E-state index is 0.544. The molecule has 0 aromatic heterocycles. The highest BCUT2D eigenvalue weighted by molar-refractivity contribution is 5.21. The maximum Gasteiger partial charge on any atom is -0.00592 e. The van der Waals surface area contributed by atoms with Crippen molar-refractivity contribution in [1.82, 2.24) is 0 Å². The van der Waals surface area contributed by atoms with Crippen molar-refractivity contribution >= 4 is 0 Å². The molecule has 84 valence electrons. The zero-order valence-corrected chi connectivity index (χ0v) is 10.5. The number of hydrogen-bond acceptors (Lipinski definition) is 0. The van der Waals surface area contributed by atoms with Gasteiger partial charge in [0.15, 0.2) is 0 Å². The molecule has 0 bridgehead atoms. The summed E-state index contributed by atoms with van der Waals surface area (Å²) in [5, 5.41) is 0. The Morgan fingerprint density at radius 3 is 2.73 bits per heavy atom. The molecule has 2 aliphatic rings. The number of allylic oxidation sites excluding steroid dienone is 3. The van der Waals surface area contributed by atoms with Crippen LogP contribution in [0.3, 0.4) is 0 Å². The molecule has 1 unspecified atom stereocenters. The lowest BCUT2D eigenvalue weighted by Crippen LogP contribution is -2.30. The lowest BCUT2D eigenvalue weighted by molar-refractivity contribution is 0.204. The number of rotatable bonds is 1.